The lowest BCUT2D eigenvalue weighted by atomic mass is 10.3. The Balaban J connectivity index is 2.64. The molecule has 0 radical (unpaired) electrons. The molecule has 0 aliphatic heterocycles. The van der Waals surface area contributed by atoms with Gasteiger partial charge in [-0.05, 0) is 31.2 Å². The maximum absolute atomic E-state index is 7.14. The summed E-state index contributed by atoms with van der Waals surface area (Å²) in [5, 5.41) is 7.14. The fourth-order valence-electron chi connectivity index (χ4n) is 0.781. The number of ether oxygens (including phenoxy) is 1. The highest BCUT2D eigenvalue weighted by atomic mass is 79.9. The third kappa shape index (κ3) is 3.06. The Kier molecular flexibility index (Phi) is 3.31. The van der Waals surface area contributed by atoms with Crippen molar-refractivity contribution in [3.05, 3.63) is 28.7 Å². The fraction of sp³-hybridized carbons (Fsp3) is 0.222. The standard InChI is InChI=1S/C9H11BrN2O/c1-6(9(11)12)13-8-4-2-7(10)3-5-8/h2-6H,1H3,(H3,11,12). The fourth-order valence-corrected chi connectivity index (χ4v) is 1.05. The maximum atomic E-state index is 7.14. The van der Waals surface area contributed by atoms with Crippen molar-refractivity contribution >= 4 is 21.8 Å². The van der Waals surface area contributed by atoms with Crippen LogP contribution in [0.2, 0.25) is 0 Å². The molecular formula is C9H11BrN2O. The van der Waals surface area contributed by atoms with Crippen LogP contribution in [-0.2, 0) is 0 Å². The third-order valence-electron chi connectivity index (χ3n) is 1.56. The molecular weight excluding hydrogens is 232 g/mol. The Morgan fingerprint density at radius 2 is 2.00 bits per heavy atom. The molecule has 0 aromatic heterocycles. The minimum atomic E-state index is -0.374. The number of nitrogens with one attached hydrogen (secondary N) is 1. The van der Waals surface area contributed by atoms with Crippen LogP contribution >= 0.6 is 15.9 Å². The van der Waals surface area contributed by atoms with Gasteiger partial charge in [-0.2, -0.15) is 0 Å². The average molecular weight is 243 g/mol. The van der Waals surface area contributed by atoms with E-state index >= 15 is 0 Å². The van der Waals surface area contributed by atoms with Crippen LogP contribution in [-0.4, -0.2) is 11.9 Å². The van der Waals surface area contributed by atoms with Gasteiger partial charge >= 0.3 is 0 Å². The summed E-state index contributed by atoms with van der Waals surface area (Å²) in [5.41, 5.74) is 5.26. The highest BCUT2D eigenvalue weighted by molar-refractivity contribution is 9.10. The molecule has 1 rings (SSSR count). The van der Waals surface area contributed by atoms with Crippen LogP contribution in [0, 0.1) is 5.41 Å². The average Bonchev–Trinajstić information content (AvgIpc) is 2.08. The van der Waals surface area contributed by atoms with Crippen molar-refractivity contribution < 1.29 is 4.74 Å². The Hall–Kier alpha value is -1.03. The van der Waals surface area contributed by atoms with Crippen molar-refractivity contribution in [2.75, 3.05) is 0 Å². The van der Waals surface area contributed by atoms with Crippen molar-refractivity contribution in [2.45, 2.75) is 13.0 Å². The Bertz CT molecular complexity index is 297. The minimum Gasteiger partial charge on any atom is -0.483 e. The van der Waals surface area contributed by atoms with E-state index in [-0.39, 0.29) is 11.9 Å². The highest BCUT2D eigenvalue weighted by Crippen LogP contribution is 2.17. The topological polar surface area (TPSA) is 59.1 Å². The number of nitrogens with two attached hydrogens (primary N) is 1. The van der Waals surface area contributed by atoms with Gasteiger partial charge in [-0.1, -0.05) is 15.9 Å². The first kappa shape index (κ1) is 10.1. The molecule has 70 valence electrons. The van der Waals surface area contributed by atoms with Gasteiger partial charge in [0.1, 0.15) is 11.6 Å². The van der Waals surface area contributed by atoms with Crippen molar-refractivity contribution in [1.29, 1.82) is 5.41 Å². The van der Waals surface area contributed by atoms with Gasteiger partial charge in [0, 0.05) is 4.47 Å². The summed E-state index contributed by atoms with van der Waals surface area (Å²) in [6.45, 7) is 1.74. The second kappa shape index (κ2) is 4.28. The smallest absolute Gasteiger partial charge is 0.152 e. The normalized spacial score (nSPS) is 12.2. The quantitative estimate of drug-likeness (QED) is 0.631. The van der Waals surface area contributed by atoms with Gasteiger partial charge in [0.25, 0.3) is 0 Å². The number of hydrogen-bond acceptors (Lipinski definition) is 2. The lowest BCUT2D eigenvalue weighted by Gasteiger charge is -2.12. The van der Waals surface area contributed by atoms with Crippen molar-refractivity contribution in [1.82, 2.24) is 0 Å². The lowest BCUT2D eigenvalue weighted by molar-refractivity contribution is 0.284. The van der Waals surface area contributed by atoms with Gasteiger partial charge in [0.15, 0.2) is 6.10 Å². The molecule has 4 heteroatoms. The molecule has 1 aromatic rings. The van der Waals surface area contributed by atoms with E-state index in [0.29, 0.717) is 5.75 Å². The summed E-state index contributed by atoms with van der Waals surface area (Å²) in [6.07, 6.45) is -0.374. The molecule has 0 fully saturated rings. The van der Waals surface area contributed by atoms with Crippen LogP contribution in [0.5, 0.6) is 5.75 Å². The predicted octanol–water partition coefficient (Wildman–Crippen LogP) is 2.15. The van der Waals surface area contributed by atoms with Crippen LogP contribution in [0.3, 0.4) is 0 Å². The van der Waals surface area contributed by atoms with E-state index in [1.165, 1.54) is 0 Å². The van der Waals surface area contributed by atoms with Gasteiger partial charge in [0.2, 0.25) is 0 Å². The van der Waals surface area contributed by atoms with Gasteiger partial charge in [-0.25, -0.2) is 0 Å². The summed E-state index contributed by atoms with van der Waals surface area (Å²) in [5.74, 6) is 0.744. The van der Waals surface area contributed by atoms with E-state index in [2.05, 4.69) is 15.9 Å². The first-order chi connectivity index (χ1) is 6.09. The van der Waals surface area contributed by atoms with Crippen molar-refractivity contribution in [2.24, 2.45) is 5.73 Å². The predicted molar refractivity (Wildman–Crippen MR) is 56.1 cm³/mol. The summed E-state index contributed by atoms with van der Waals surface area (Å²) >= 11 is 3.32. The van der Waals surface area contributed by atoms with E-state index in [4.69, 9.17) is 15.9 Å². The van der Waals surface area contributed by atoms with Crippen molar-refractivity contribution in [3.63, 3.8) is 0 Å². The molecule has 3 N–H and O–H groups in total. The highest BCUT2D eigenvalue weighted by Gasteiger charge is 2.05. The molecule has 1 aromatic carbocycles. The molecule has 0 amide bonds. The largest absolute Gasteiger partial charge is 0.483 e. The molecule has 0 bridgehead atoms. The summed E-state index contributed by atoms with van der Waals surface area (Å²) in [7, 11) is 0. The number of amidine groups is 1. The molecule has 1 unspecified atom stereocenters. The molecule has 13 heavy (non-hydrogen) atoms. The van der Waals surface area contributed by atoms with Gasteiger partial charge < -0.3 is 10.5 Å². The first-order valence-corrected chi connectivity index (χ1v) is 4.65. The van der Waals surface area contributed by atoms with Crippen molar-refractivity contribution in [3.8, 4) is 5.75 Å². The molecule has 0 aliphatic carbocycles. The van der Waals surface area contributed by atoms with E-state index in [0.717, 1.165) is 4.47 Å². The second-order valence-corrected chi connectivity index (χ2v) is 3.59. The Morgan fingerprint density at radius 3 is 2.46 bits per heavy atom. The van der Waals surface area contributed by atoms with Gasteiger partial charge in [-0.3, -0.25) is 5.41 Å². The number of halogens is 1. The number of benzene rings is 1. The summed E-state index contributed by atoms with van der Waals surface area (Å²) in [4.78, 5) is 0. The SMILES string of the molecule is CC(Oc1ccc(Br)cc1)C(=N)N. The lowest BCUT2D eigenvalue weighted by Crippen LogP contribution is -2.29. The molecule has 3 nitrogen and oxygen atoms in total. The molecule has 0 heterocycles. The van der Waals surface area contributed by atoms with Crippen LogP contribution in [0.15, 0.2) is 28.7 Å². The molecule has 1 atom stereocenters. The Labute approximate surface area is 85.5 Å². The zero-order valence-electron chi connectivity index (χ0n) is 7.25. The Morgan fingerprint density at radius 1 is 1.46 bits per heavy atom. The summed E-state index contributed by atoms with van der Waals surface area (Å²) in [6, 6.07) is 7.40. The van der Waals surface area contributed by atoms with Crippen LogP contribution in [0.1, 0.15) is 6.92 Å². The zero-order valence-corrected chi connectivity index (χ0v) is 8.84. The minimum absolute atomic E-state index is 0.0305. The molecule has 0 spiro atoms. The number of hydrogen-bond donors (Lipinski definition) is 2. The molecule has 0 aliphatic rings. The van der Waals surface area contributed by atoms with Crippen LogP contribution < -0.4 is 10.5 Å². The number of rotatable bonds is 3. The van der Waals surface area contributed by atoms with Gasteiger partial charge in [0.05, 0.1) is 0 Å². The van der Waals surface area contributed by atoms with E-state index in [1.54, 1.807) is 6.92 Å². The van der Waals surface area contributed by atoms with E-state index in [9.17, 15) is 0 Å². The maximum Gasteiger partial charge on any atom is 0.152 e. The third-order valence-corrected chi connectivity index (χ3v) is 2.09. The first-order valence-electron chi connectivity index (χ1n) is 3.85. The van der Waals surface area contributed by atoms with E-state index in [1.807, 2.05) is 24.3 Å². The monoisotopic (exact) mass is 242 g/mol. The zero-order chi connectivity index (χ0) is 9.84. The second-order valence-electron chi connectivity index (χ2n) is 2.67. The van der Waals surface area contributed by atoms with E-state index < -0.39 is 0 Å². The summed E-state index contributed by atoms with van der Waals surface area (Å²) < 4.78 is 6.36. The van der Waals surface area contributed by atoms with Gasteiger partial charge in [-0.15, -0.1) is 0 Å². The molecule has 0 saturated carbocycles. The van der Waals surface area contributed by atoms with Crippen LogP contribution in [0.25, 0.3) is 0 Å². The molecule has 0 saturated heterocycles. The van der Waals surface area contributed by atoms with Crippen LogP contribution in [0.4, 0.5) is 0 Å².